The summed E-state index contributed by atoms with van der Waals surface area (Å²) in [5.74, 6) is 0.174. The first-order valence-electron chi connectivity index (χ1n) is 8.25. The zero-order valence-corrected chi connectivity index (χ0v) is 15.3. The number of benzene rings is 1. The summed E-state index contributed by atoms with van der Waals surface area (Å²) in [6.45, 7) is 1.86. The van der Waals surface area contributed by atoms with E-state index < -0.39 is 11.7 Å². The van der Waals surface area contributed by atoms with Crippen molar-refractivity contribution in [2.75, 3.05) is 14.2 Å². The maximum Gasteiger partial charge on any atom is 0.217 e. The number of aliphatic hydroxyl groups excluding tert-OH is 1. The predicted molar refractivity (Wildman–Crippen MR) is 94.3 cm³/mol. The van der Waals surface area contributed by atoms with Crippen LogP contribution in [-0.4, -0.2) is 35.7 Å². The summed E-state index contributed by atoms with van der Waals surface area (Å²) in [7, 11) is 2.93. The molecule has 1 aromatic heterocycles. The number of hydrogen-bond donors (Lipinski definition) is 1. The zero-order valence-electron chi connectivity index (χ0n) is 14.6. The fourth-order valence-corrected chi connectivity index (χ4v) is 4.20. The van der Waals surface area contributed by atoms with Gasteiger partial charge in [-0.1, -0.05) is 24.6 Å². The highest BCUT2D eigenvalue weighted by atomic mass is 35.5. The van der Waals surface area contributed by atoms with Crippen molar-refractivity contribution in [2.24, 2.45) is 5.92 Å². The molecule has 4 rings (SSSR count). The fourth-order valence-electron chi connectivity index (χ4n) is 3.94. The molecule has 0 bridgehead atoms. The Labute approximate surface area is 155 Å². The normalized spacial score (nSPS) is 26.3. The summed E-state index contributed by atoms with van der Waals surface area (Å²) in [6, 6.07) is 5.05. The lowest BCUT2D eigenvalue weighted by atomic mass is 9.70. The molecule has 0 fully saturated rings. The van der Waals surface area contributed by atoms with Crippen LogP contribution in [0.3, 0.4) is 0 Å². The van der Waals surface area contributed by atoms with Crippen molar-refractivity contribution in [3.8, 4) is 17.2 Å². The van der Waals surface area contributed by atoms with E-state index in [1.165, 1.54) is 14.2 Å². The third-order valence-corrected chi connectivity index (χ3v) is 5.66. The topological polar surface area (TPSA) is 77.9 Å². The number of Topliss-reactive ketones (excluding diaryl/α,β-unsaturated/α-hetero) is 1. The lowest BCUT2D eigenvalue weighted by Crippen LogP contribution is -2.54. The van der Waals surface area contributed by atoms with Gasteiger partial charge in [-0.25, -0.2) is 0 Å². The fraction of sp³-hybridized carbons (Fsp3) is 0.368. The molecule has 6 nitrogen and oxygen atoms in total. The second-order valence-electron chi connectivity index (χ2n) is 6.57. The first kappa shape index (κ1) is 17.1. The molecule has 1 spiro atoms. The number of hydrogen-bond acceptors (Lipinski definition) is 6. The minimum Gasteiger partial charge on any atom is -0.496 e. The lowest BCUT2D eigenvalue weighted by Gasteiger charge is -2.41. The van der Waals surface area contributed by atoms with Crippen LogP contribution < -0.4 is 14.2 Å². The molecule has 0 saturated heterocycles. The average molecular weight is 376 g/mol. The van der Waals surface area contributed by atoms with Gasteiger partial charge in [0.2, 0.25) is 11.4 Å². The molecule has 26 heavy (non-hydrogen) atoms. The summed E-state index contributed by atoms with van der Waals surface area (Å²) >= 11 is 6.39. The van der Waals surface area contributed by atoms with E-state index in [1.807, 2.05) is 6.92 Å². The van der Waals surface area contributed by atoms with Gasteiger partial charge in [-0.3, -0.25) is 9.78 Å². The maximum atomic E-state index is 13.5. The number of aromatic nitrogens is 1. The van der Waals surface area contributed by atoms with Crippen LogP contribution in [-0.2, 0) is 6.42 Å². The number of ether oxygens (including phenoxy) is 3. The summed E-state index contributed by atoms with van der Waals surface area (Å²) in [5.41, 5.74) is 0.119. The number of carbonyl (C=O) groups is 1. The lowest BCUT2D eigenvalue weighted by molar-refractivity contribution is -0.0642. The SMILES string of the molecule is COc1cc(OC)c2c(c1Cl)O[C@]1(C2=O)C(O)c2cccnc2C[C@H]1C. The molecular formula is C19H18ClNO5. The number of ketones is 1. The number of carbonyl (C=O) groups excluding carboxylic acids is 1. The van der Waals surface area contributed by atoms with Crippen LogP contribution in [0, 0.1) is 5.92 Å². The van der Waals surface area contributed by atoms with Gasteiger partial charge in [0.05, 0.1) is 14.2 Å². The molecule has 2 aliphatic rings. The molecule has 1 aromatic carbocycles. The van der Waals surface area contributed by atoms with Gasteiger partial charge >= 0.3 is 0 Å². The molecule has 0 radical (unpaired) electrons. The first-order chi connectivity index (χ1) is 12.5. The summed E-state index contributed by atoms with van der Waals surface area (Å²) in [5, 5.41) is 11.3. The van der Waals surface area contributed by atoms with E-state index in [4.69, 9.17) is 25.8 Å². The Morgan fingerprint density at radius 3 is 2.77 bits per heavy atom. The molecule has 1 unspecified atom stereocenters. The van der Waals surface area contributed by atoms with Gasteiger partial charge in [0, 0.05) is 29.4 Å². The van der Waals surface area contributed by atoms with Gasteiger partial charge in [-0.05, 0) is 12.5 Å². The molecule has 0 amide bonds. The maximum absolute atomic E-state index is 13.5. The van der Waals surface area contributed by atoms with Crippen LogP contribution in [0.5, 0.6) is 17.2 Å². The number of rotatable bonds is 2. The van der Waals surface area contributed by atoms with Crippen molar-refractivity contribution in [3.05, 3.63) is 46.2 Å². The van der Waals surface area contributed by atoms with Crippen LogP contribution in [0.1, 0.15) is 34.6 Å². The van der Waals surface area contributed by atoms with Crippen molar-refractivity contribution < 1.29 is 24.1 Å². The van der Waals surface area contributed by atoms with E-state index in [-0.39, 0.29) is 28.0 Å². The molecule has 3 atom stereocenters. The van der Waals surface area contributed by atoms with Crippen LogP contribution in [0.15, 0.2) is 24.4 Å². The van der Waals surface area contributed by atoms with E-state index in [1.54, 1.807) is 24.4 Å². The molecule has 1 aliphatic heterocycles. The standard InChI is InChI=1S/C19H18ClNO5/c1-9-7-11-10(5-4-6-21-11)17(22)19(9)18(23)14-12(24-2)8-13(25-3)15(20)16(14)26-19/h4-6,8-9,17,22H,7H2,1-3H3/t9-,17?,19+/m1/s1. The molecular weight excluding hydrogens is 358 g/mol. The van der Waals surface area contributed by atoms with E-state index in [9.17, 15) is 9.90 Å². The van der Waals surface area contributed by atoms with Gasteiger partial charge < -0.3 is 19.3 Å². The number of pyridine rings is 1. The van der Waals surface area contributed by atoms with Gasteiger partial charge in [0.25, 0.3) is 0 Å². The first-order valence-corrected chi connectivity index (χ1v) is 8.63. The molecule has 7 heteroatoms. The van der Waals surface area contributed by atoms with Crippen molar-refractivity contribution in [1.82, 2.24) is 4.98 Å². The van der Waals surface area contributed by atoms with Crippen molar-refractivity contribution >= 4 is 17.4 Å². The van der Waals surface area contributed by atoms with Crippen molar-refractivity contribution in [1.29, 1.82) is 0 Å². The molecule has 2 heterocycles. The van der Waals surface area contributed by atoms with Gasteiger partial charge in [-0.15, -0.1) is 0 Å². The summed E-state index contributed by atoms with van der Waals surface area (Å²) < 4.78 is 16.7. The number of aliphatic hydroxyl groups is 1. The van der Waals surface area contributed by atoms with E-state index in [0.29, 0.717) is 23.5 Å². The van der Waals surface area contributed by atoms with Gasteiger partial charge in [-0.2, -0.15) is 0 Å². The minimum atomic E-state index is -1.47. The van der Waals surface area contributed by atoms with Crippen LogP contribution in [0.4, 0.5) is 0 Å². The molecule has 2 aromatic rings. The largest absolute Gasteiger partial charge is 0.496 e. The number of methoxy groups -OCH3 is 2. The third kappa shape index (κ3) is 2.03. The smallest absolute Gasteiger partial charge is 0.217 e. The quantitative estimate of drug-likeness (QED) is 0.869. The Morgan fingerprint density at radius 1 is 1.35 bits per heavy atom. The van der Waals surface area contributed by atoms with Gasteiger partial charge in [0.1, 0.15) is 28.2 Å². The third-order valence-electron chi connectivity index (χ3n) is 5.30. The predicted octanol–water partition coefficient (Wildman–Crippen LogP) is 2.99. The van der Waals surface area contributed by atoms with Crippen LogP contribution >= 0.6 is 11.6 Å². The summed E-state index contributed by atoms with van der Waals surface area (Å²) in [4.78, 5) is 17.8. The Balaban J connectivity index is 1.92. The number of halogens is 1. The second kappa shape index (κ2) is 5.86. The van der Waals surface area contributed by atoms with Crippen molar-refractivity contribution in [2.45, 2.75) is 25.0 Å². The van der Waals surface area contributed by atoms with Crippen molar-refractivity contribution in [3.63, 3.8) is 0 Å². The second-order valence-corrected chi connectivity index (χ2v) is 6.95. The molecule has 0 saturated carbocycles. The highest BCUT2D eigenvalue weighted by molar-refractivity contribution is 6.35. The Morgan fingerprint density at radius 2 is 2.08 bits per heavy atom. The minimum absolute atomic E-state index is 0.185. The molecule has 136 valence electrons. The average Bonchev–Trinajstić information content (AvgIpc) is 2.96. The number of fused-ring (bicyclic) bond motifs is 2. The van der Waals surface area contributed by atoms with E-state index in [0.717, 1.165) is 5.69 Å². The Bertz CT molecular complexity index is 915. The zero-order chi connectivity index (χ0) is 18.6. The summed E-state index contributed by atoms with van der Waals surface area (Å²) in [6.07, 6.45) is 1.01. The monoisotopic (exact) mass is 375 g/mol. The van der Waals surface area contributed by atoms with Crippen LogP contribution in [0.2, 0.25) is 5.02 Å². The van der Waals surface area contributed by atoms with Gasteiger partial charge in [0.15, 0.2) is 5.75 Å². The number of nitrogens with zero attached hydrogens (tertiary/aromatic N) is 1. The highest BCUT2D eigenvalue weighted by Gasteiger charge is 2.61. The Hall–Kier alpha value is -2.31. The van der Waals surface area contributed by atoms with E-state index in [2.05, 4.69) is 4.98 Å². The van der Waals surface area contributed by atoms with E-state index >= 15 is 0 Å². The molecule has 1 N–H and O–H groups in total. The Kier molecular flexibility index (Phi) is 3.86. The van der Waals surface area contributed by atoms with Crippen LogP contribution in [0.25, 0.3) is 0 Å². The molecule has 1 aliphatic carbocycles. The highest BCUT2D eigenvalue weighted by Crippen LogP contribution is 2.56.